The Morgan fingerprint density at radius 3 is 2.94 bits per heavy atom. The fourth-order valence-corrected chi connectivity index (χ4v) is 2.17. The van der Waals surface area contributed by atoms with Crippen molar-refractivity contribution in [2.75, 3.05) is 32.8 Å². The molecule has 1 fully saturated rings. The molecular formula is C10H17ClN4O. The molecule has 6 heteroatoms. The van der Waals surface area contributed by atoms with Gasteiger partial charge in [0.05, 0.1) is 19.1 Å². The maximum Gasteiger partial charge on any atom is 0.148 e. The molecule has 1 aliphatic rings. The summed E-state index contributed by atoms with van der Waals surface area (Å²) in [6.07, 6.45) is 1.75. The number of aromatic nitrogens is 3. The number of morpholine rings is 1. The van der Waals surface area contributed by atoms with Crippen LogP contribution in [0.2, 0.25) is 0 Å². The lowest BCUT2D eigenvalue weighted by Gasteiger charge is -2.29. The molecule has 0 N–H and O–H groups in total. The molecule has 1 saturated heterocycles. The number of alkyl halides is 1. The number of ether oxygens (including phenoxy) is 1. The van der Waals surface area contributed by atoms with E-state index in [1.54, 1.807) is 6.33 Å². The molecule has 0 radical (unpaired) electrons. The molecule has 5 nitrogen and oxygen atoms in total. The van der Waals surface area contributed by atoms with Crippen LogP contribution in [0.5, 0.6) is 0 Å². The second-order valence-corrected chi connectivity index (χ2v) is 4.32. The van der Waals surface area contributed by atoms with Gasteiger partial charge in [0, 0.05) is 25.7 Å². The van der Waals surface area contributed by atoms with Gasteiger partial charge in [-0.15, -0.1) is 21.8 Å². The summed E-state index contributed by atoms with van der Waals surface area (Å²) in [5.41, 5.74) is 0. The highest BCUT2D eigenvalue weighted by Crippen LogP contribution is 2.12. The number of nitrogens with zero attached hydrogens (tertiary/aromatic N) is 4. The van der Waals surface area contributed by atoms with Gasteiger partial charge in [-0.05, 0) is 6.92 Å². The van der Waals surface area contributed by atoms with Gasteiger partial charge < -0.3 is 9.30 Å². The van der Waals surface area contributed by atoms with Crippen molar-refractivity contribution in [2.24, 2.45) is 0 Å². The Kier molecular flexibility index (Phi) is 4.15. The summed E-state index contributed by atoms with van der Waals surface area (Å²) >= 11 is 5.80. The van der Waals surface area contributed by atoms with Crippen LogP contribution in [0.25, 0.3) is 0 Å². The fourth-order valence-electron chi connectivity index (χ4n) is 1.98. The SMILES string of the molecule is CC(CN1CCOCC1)n1cnnc1CCl. The fraction of sp³-hybridized carbons (Fsp3) is 0.800. The van der Waals surface area contributed by atoms with E-state index in [1.807, 2.05) is 4.57 Å². The van der Waals surface area contributed by atoms with Crippen LogP contribution in [0.3, 0.4) is 0 Å². The number of rotatable bonds is 4. The highest BCUT2D eigenvalue weighted by atomic mass is 35.5. The van der Waals surface area contributed by atoms with Gasteiger partial charge in [0.1, 0.15) is 12.2 Å². The Hall–Kier alpha value is -0.650. The van der Waals surface area contributed by atoms with Crippen molar-refractivity contribution in [3.8, 4) is 0 Å². The predicted molar refractivity (Wildman–Crippen MR) is 61.5 cm³/mol. The largest absolute Gasteiger partial charge is 0.379 e. The first-order valence-electron chi connectivity index (χ1n) is 5.55. The van der Waals surface area contributed by atoms with Crippen molar-refractivity contribution in [2.45, 2.75) is 18.8 Å². The third-order valence-corrected chi connectivity index (χ3v) is 3.11. The average molecular weight is 245 g/mol. The molecular weight excluding hydrogens is 228 g/mol. The van der Waals surface area contributed by atoms with Gasteiger partial charge >= 0.3 is 0 Å². The summed E-state index contributed by atoms with van der Waals surface area (Å²) in [4.78, 5) is 2.40. The third kappa shape index (κ3) is 2.72. The number of halogens is 1. The van der Waals surface area contributed by atoms with E-state index in [0.29, 0.717) is 11.9 Å². The van der Waals surface area contributed by atoms with Crippen molar-refractivity contribution >= 4 is 11.6 Å². The Balaban J connectivity index is 1.93. The minimum Gasteiger partial charge on any atom is -0.379 e. The van der Waals surface area contributed by atoms with Gasteiger partial charge in [-0.2, -0.15) is 0 Å². The zero-order chi connectivity index (χ0) is 11.4. The monoisotopic (exact) mass is 244 g/mol. The molecule has 90 valence electrons. The Morgan fingerprint density at radius 2 is 2.25 bits per heavy atom. The number of hydrogen-bond acceptors (Lipinski definition) is 4. The zero-order valence-electron chi connectivity index (χ0n) is 9.47. The molecule has 1 aliphatic heterocycles. The van der Waals surface area contributed by atoms with Gasteiger partial charge in [0.25, 0.3) is 0 Å². The van der Waals surface area contributed by atoms with E-state index < -0.39 is 0 Å². The Labute approximate surface area is 100 Å². The molecule has 16 heavy (non-hydrogen) atoms. The highest BCUT2D eigenvalue weighted by Gasteiger charge is 2.16. The van der Waals surface area contributed by atoms with E-state index in [9.17, 15) is 0 Å². The molecule has 0 spiro atoms. The lowest BCUT2D eigenvalue weighted by atomic mass is 10.3. The van der Waals surface area contributed by atoms with E-state index >= 15 is 0 Å². The summed E-state index contributed by atoms with van der Waals surface area (Å²) in [6.45, 7) is 6.82. The lowest BCUT2D eigenvalue weighted by Crippen LogP contribution is -2.39. The minimum absolute atomic E-state index is 0.349. The molecule has 0 bridgehead atoms. The third-order valence-electron chi connectivity index (χ3n) is 2.87. The Morgan fingerprint density at radius 1 is 1.50 bits per heavy atom. The van der Waals surface area contributed by atoms with Gasteiger partial charge in [-0.1, -0.05) is 0 Å². The van der Waals surface area contributed by atoms with E-state index in [1.165, 1.54) is 0 Å². The van der Waals surface area contributed by atoms with Crippen LogP contribution < -0.4 is 0 Å². The van der Waals surface area contributed by atoms with Gasteiger partial charge in [0.2, 0.25) is 0 Å². The first kappa shape index (κ1) is 11.8. The summed E-state index contributed by atoms with van der Waals surface area (Å²) < 4.78 is 7.37. The molecule has 1 atom stereocenters. The second kappa shape index (κ2) is 5.61. The maximum absolute atomic E-state index is 5.80. The van der Waals surface area contributed by atoms with E-state index in [0.717, 1.165) is 38.7 Å². The first-order chi connectivity index (χ1) is 7.81. The van der Waals surface area contributed by atoms with E-state index in [-0.39, 0.29) is 0 Å². The van der Waals surface area contributed by atoms with E-state index in [4.69, 9.17) is 16.3 Å². The van der Waals surface area contributed by atoms with Crippen LogP contribution in [-0.2, 0) is 10.6 Å². The molecule has 1 aromatic rings. The molecule has 1 unspecified atom stereocenters. The molecule has 0 saturated carbocycles. The van der Waals surface area contributed by atoms with Crippen LogP contribution in [-0.4, -0.2) is 52.5 Å². The zero-order valence-corrected chi connectivity index (χ0v) is 10.2. The molecule has 1 aromatic heterocycles. The van der Waals surface area contributed by atoms with Crippen molar-refractivity contribution in [3.63, 3.8) is 0 Å². The van der Waals surface area contributed by atoms with E-state index in [2.05, 4.69) is 22.0 Å². The minimum atomic E-state index is 0.349. The first-order valence-corrected chi connectivity index (χ1v) is 6.09. The van der Waals surface area contributed by atoms with Crippen LogP contribution in [0, 0.1) is 0 Å². The summed E-state index contributed by atoms with van der Waals surface area (Å²) in [7, 11) is 0. The predicted octanol–water partition coefficient (Wildman–Crippen LogP) is 0.910. The second-order valence-electron chi connectivity index (χ2n) is 4.05. The van der Waals surface area contributed by atoms with Crippen molar-refractivity contribution in [1.29, 1.82) is 0 Å². The van der Waals surface area contributed by atoms with Crippen LogP contribution >= 0.6 is 11.6 Å². The number of hydrogen-bond donors (Lipinski definition) is 0. The smallest absolute Gasteiger partial charge is 0.148 e. The standard InChI is InChI=1S/C10H17ClN4O/c1-9(7-14-2-4-16-5-3-14)15-8-12-13-10(15)6-11/h8-9H,2-7H2,1H3. The molecule has 2 heterocycles. The summed E-state index contributed by atoms with van der Waals surface area (Å²) in [5, 5.41) is 7.88. The van der Waals surface area contributed by atoms with Crippen molar-refractivity contribution in [3.05, 3.63) is 12.2 Å². The van der Waals surface area contributed by atoms with Gasteiger partial charge in [0.15, 0.2) is 0 Å². The molecule has 0 amide bonds. The maximum atomic E-state index is 5.80. The summed E-state index contributed by atoms with van der Waals surface area (Å²) in [6, 6.07) is 0.349. The molecule has 0 aromatic carbocycles. The average Bonchev–Trinajstić information content (AvgIpc) is 2.78. The van der Waals surface area contributed by atoms with Gasteiger partial charge in [-0.25, -0.2) is 0 Å². The van der Waals surface area contributed by atoms with Gasteiger partial charge in [-0.3, -0.25) is 4.90 Å². The molecule has 2 rings (SSSR count). The van der Waals surface area contributed by atoms with Crippen molar-refractivity contribution < 1.29 is 4.74 Å². The lowest BCUT2D eigenvalue weighted by molar-refractivity contribution is 0.0324. The van der Waals surface area contributed by atoms with Crippen LogP contribution in [0.15, 0.2) is 6.33 Å². The quantitative estimate of drug-likeness (QED) is 0.739. The highest BCUT2D eigenvalue weighted by molar-refractivity contribution is 6.16. The topological polar surface area (TPSA) is 43.2 Å². The Bertz CT molecular complexity index is 324. The van der Waals surface area contributed by atoms with Crippen molar-refractivity contribution in [1.82, 2.24) is 19.7 Å². The summed E-state index contributed by atoms with van der Waals surface area (Å²) in [5.74, 6) is 1.25. The van der Waals surface area contributed by atoms with Crippen LogP contribution in [0.4, 0.5) is 0 Å². The molecule has 0 aliphatic carbocycles. The van der Waals surface area contributed by atoms with Crippen LogP contribution in [0.1, 0.15) is 18.8 Å². The normalized spacial score (nSPS) is 19.9.